The lowest BCUT2D eigenvalue weighted by Gasteiger charge is -2.30. The van der Waals surface area contributed by atoms with Crippen LogP contribution in [0.1, 0.15) is 103 Å². The Morgan fingerprint density at radius 1 is 0.293 bits per heavy atom. The number of hydrogen-bond donors (Lipinski definition) is 1. The molecule has 5 heterocycles. The fourth-order valence-electron chi connectivity index (χ4n) is 23.6. The molecule has 0 radical (unpaired) electrons. The summed E-state index contributed by atoms with van der Waals surface area (Å²) < 4.78 is 9.86. The summed E-state index contributed by atoms with van der Waals surface area (Å²) in [4.78, 5) is 28.0. The first kappa shape index (κ1) is 76.4. The smallest absolute Gasteiger partial charge is 0.238 e. The predicted molar refractivity (Wildman–Crippen MR) is 548 cm³/mol. The molecule has 0 saturated carbocycles. The van der Waals surface area contributed by atoms with E-state index >= 15 is 0 Å². The SMILES string of the molecule is CCC(N=C(N=C(N)c1ccccc1)c1ccccc1)n1c2ccc(-c3ccc4c(c3)c3cc5c(cc3n4-c3ccccc3)C(C)(C)c3ccccc3-5)cc2c2ccc3c(c21)-c1ccccc1C31c2ccccc2-c2c1ccc1c3cc(-c4ccc5c(c4)c4cc6c(cc4n5-c4ccccc4)C(C)(C)c4ccccc4-6)ccc3n(-c3nc(-c4ccccc4)nc(-c4ccccc4)n3)c21. The van der Waals surface area contributed by atoms with Crippen molar-refractivity contribution in [2.45, 2.75) is 63.5 Å². The molecule has 23 aromatic rings. The third-order valence-corrected chi connectivity index (χ3v) is 29.7. The van der Waals surface area contributed by atoms with Gasteiger partial charge in [-0.1, -0.05) is 338 Å². The van der Waals surface area contributed by atoms with Crippen molar-refractivity contribution in [3.8, 4) is 107 Å². The van der Waals surface area contributed by atoms with E-state index in [9.17, 15) is 0 Å². The number of para-hydroxylation sites is 2. The molecule has 133 heavy (non-hydrogen) atoms. The normalized spacial score (nSPS) is 15.1. The molecule has 1 spiro atoms. The lowest BCUT2D eigenvalue weighted by atomic mass is 9.70. The van der Waals surface area contributed by atoms with Gasteiger partial charge in [-0.05, 0) is 204 Å². The van der Waals surface area contributed by atoms with Crippen LogP contribution in [-0.2, 0) is 16.2 Å². The molecule has 10 heteroatoms. The van der Waals surface area contributed by atoms with Gasteiger partial charge in [-0.25, -0.2) is 15.0 Å². The van der Waals surface area contributed by atoms with Gasteiger partial charge in [-0.2, -0.15) is 9.97 Å². The highest BCUT2D eigenvalue weighted by molar-refractivity contribution is 6.22. The number of fused-ring (bicyclic) bond motifs is 30. The Labute approximate surface area is 769 Å². The number of hydrogen-bond acceptors (Lipinski definition) is 4. The Kier molecular flexibility index (Phi) is 16.5. The molecule has 5 aromatic heterocycles. The maximum Gasteiger partial charge on any atom is 0.238 e. The van der Waals surface area contributed by atoms with Gasteiger partial charge in [0.15, 0.2) is 17.5 Å². The number of nitrogens with two attached hydrogens (primary N) is 1. The highest BCUT2D eigenvalue weighted by Crippen LogP contribution is 2.66. The van der Waals surface area contributed by atoms with Crippen LogP contribution in [0.4, 0.5) is 0 Å². The lowest BCUT2D eigenvalue weighted by Crippen LogP contribution is -2.25. The average Bonchev–Trinajstić information content (AvgIpc) is 1.49. The number of rotatable bonds is 12. The van der Waals surface area contributed by atoms with Gasteiger partial charge in [0, 0.05) is 98.7 Å². The molecule has 0 fully saturated rings. The monoisotopic (exact) mass is 1700 g/mol. The first-order valence-electron chi connectivity index (χ1n) is 46.2. The molecule has 2 unspecified atom stereocenters. The van der Waals surface area contributed by atoms with Crippen molar-refractivity contribution >= 4 is 98.9 Å². The highest BCUT2D eigenvalue weighted by Gasteiger charge is 2.54. The summed E-state index contributed by atoms with van der Waals surface area (Å²) in [6.45, 7) is 11.8. The van der Waals surface area contributed by atoms with Crippen molar-refractivity contribution in [2.75, 3.05) is 0 Å². The fraction of sp³-hybridized carbons (Fsp3) is 0.0813. The Bertz CT molecular complexity index is 8920. The standard InChI is InChI=1S/C123H86N10/c1-6-111(125-117(74-35-15-8-16-36-74)126-116(124)73-33-13-7-14-34-73)132-107-63-55-77(79-53-61-105-93(67-79)95-69-89-83-45-25-29-49-97(83)121(2,3)103(89)71-109(95)130(105)81-41-21-11-22-42-81)65-91(107)85-57-59-101-112(114(85)132)87-47-27-31-51-99(87)123(101)100-52-32-28-48-88(100)113-102(123)60-58-86-92-66-78(56-64-108(92)133(115(86)113)120-128-118(75-37-17-9-18-38-75)127-119(129-120)76-39-19-10-20-40-76)80-54-62-106-94(68-80)96-70-90-84-46-26-30-50-98(84)122(4,5)104(90)72-110(96)131(106)82-43-23-12-24-44-82/h7-72,111H,6H2,1-5H3,(H2,124,125,126). The van der Waals surface area contributed by atoms with E-state index in [1.807, 2.05) is 48.5 Å². The summed E-state index contributed by atoms with van der Waals surface area (Å²) in [5.41, 5.74) is 44.9. The molecular formula is C123H86N10. The zero-order valence-corrected chi connectivity index (χ0v) is 74.0. The van der Waals surface area contributed by atoms with Crippen LogP contribution in [0.15, 0.2) is 410 Å². The van der Waals surface area contributed by atoms with Gasteiger partial charge in [0.2, 0.25) is 5.95 Å². The summed E-state index contributed by atoms with van der Waals surface area (Å²) in [6, 6.07) is 147. The van der Waals surface area contributed by atoms with E-state index in [0.717, 1.165) is 133 Å². The van der Waals surface area contributed by atoms with Crippen LogP contribution in [0, 0.1) is 0 Å². The predicted octanol–water partition coefficient (Wildman–Crippen LogP) is 29.7. The molecule has 2 N–H and O–H groups in total. The lowest BCUT2D eigenvalue weighted by molar-refractivity contribution is 0.538. The van der Waals surface area contributed by atoms with Crippen molar-refractivity contribution < 1.29 is 0 Å². The van der Waals surface area contributed by atoms with Gasteiger partial charge < -0.3 is 19.4 Å². The molecule has 0 bridgehead atoms. The van der Waals surface area contributed by atoms with E-state index in [0.29, 0.717) is 35.7 Å². The number of benzene rings is 18. The minimum atomic E-state index is -0.865. The van der Waals surface area contributed by atoms with Crippen LogP contribution < -0.4 is 5.73 Å². The van der Waals surface area contributed by atoms with E-state index in [1.165, 1.54) is 99.3 Å². The first-order chi connectivity index (χ1) is 65.3. The summed E-state index contributed by atoms with van der Waals surface area (Å²) in [5, 5.41) is 9.24. The van der Waals surface area contributed by atoms with Gasteiger partial charge in [0.1, 0.15) is 12.0 Å². The van der Waals surface area contributed by atoms with Gasteiger partial charge >= 0.3 is 0 Å². The molecule has 27 rings (SSSR count). The number of nitrogens with zero attached hydrogens (tertiary/aromatic N) is 9. The number of aliphatic imine (C=N–C) groups is 2. The van der Waals surface area contributed by atoms with Crippen LogP contribution in [0.2, 0.25) is 0 Å². The second-order valence-corrected chi connectivity index (χ2v) is 37.3. The van der Waals surface area contributed by atoms with E-state index in [-0.39, 0.29) is 10.8 Å². The van der Waals surface area contributed by atoms with E-state index in [4.69, 9.17) is 30.7 Å². The van der Waals surface area contributed by atoms with E-state index in [1.54, 1.807) is 0 Å². The maximum atomic E-state index is 7.16. The minimum Gasteiger partial charge on any atom is -0.383 e. The largest absolute Gasteiger partial charge is 0.383 e. The molecule has 10 nitrogen and oxygen atoms in total. The summed E-state index contributed by atoms with van der Waals surface area (Å²) in [5.74, 6) is 2.61. The molecule has 0 aliphatic heterocycles. The zero-order valence-electron chi connectivity index (χ0n) is 74.0. The van der Waals surface area contributed by atoms with Crippen LogP contribution in [0.5, 0.6) is 0 Å². The Morgan fingerprint density at radius 3 is 1.13 bits per heavy atom. The number of amidine groups is 2. The highest BCUT2D eigenvalue weighted by atomic mass is 15.2. The topological polar surface area (TPSA) is 109 Å². The van der Waals surface area contributed by atoms with Gasteiger partial charge in [0.25, 0.3) is 0 Å². The van der Waals surface area contributed by atoms with E-state index < -0.39 is 11.6 Å². The minimum absolute atomic E-state index is 0.177. The van der Waals surface area contributed by atoms with Crippen LogP contribution in [0.3, 0.4) is 0 Å². The van der Waals surface area contributed by atoms with Crippen LogP contribution in [-0.4, -0.2) is 44.9 Å². The zero-order chi connectivity index (χ0) is 88.4. The van der Waals surface area contributed by atoms with Crippen molar-refractivity contribution in [1.82, 2.24) is 33.2 Å². The quantitative estimate of drug-likeness (QED) is 0.0970. The number of aromatic nitrogens is 7. The summed E-state index contributed by atoms with van der Waals surface area (Å²) in [6.07, 6.45) is 0.129. The van der Waals surface area contributed by atoms with Crippen molar-refractivity contribution in [2.24, 2.45) is 15.7 Å². The van der Waals surface area contributed by atoms with Gasteiger partial charge in [0.05, 0.1) is 49.5 Å². The molecule has 4 aliphatic carbocycles. The van der Waals surface area contributed by atoms with Crippen molar-refractivity contribution in [1.29, 1.82) is 0 Å². The second-order valence-electron chi connectivity index (χ2n) is 37.3. The summed E-state index contributed by atoms with van der Waals surface area (Å²) >= 11 is 0. The average molecular weight is 1700 g/mol. The van der Waals surface area contributed by atoms with Gasteiger partial charge in [-0.3, -0.25) is 4.57 Å². The maximum absolute atomic E-state index is 7.16. The van der Waals surface area contributed by atoms with Crippen molar-refractivity contribution in [3.05, 3.63) is 456 Å². The summed E-state index contributed by atoms with van der Waals surface area (Å²) in [7, 11) is 0. The Morgan fingerprint density at radius 2 is 0.662 bits per heavy atom. The third kappa shape index (κ3) is 11.0. The van der Waals surface area contributed by atoms with E-state index in [2.05, 4.69) is 405 Å². The second kappa shape index (κ2) is 28.7. The first-order valence-corrected chi connectivity index (χ1v) is 46.2. The molecule has 18 aromatic carbocycles. The van der Waals surface area contributed by atoms with Crippen LogP contribution >= 0.6 is 0 Å². The van der Waals surface area contributed by atoms with Crippen LogP contribution in [0.25, 0.3) is 194 Å². The molecule has 628 valence electrons. The van der Waals surface area contributed by atoms with Crippen molar-refractivity contribution in [3.63, 3.8) is 0 Å². The molecule has 4 aliphatic rings. The third-order valence-electron chi connectivity index (χ3n) is 29.7. The van der Waals surface area contributed by atoms with Gasteiger partial charge in [-0.15, -0.1) is 0 Å². The Balaban J connectivity index is 0.706. The molecule has 2 atom stereocenters. The molecule has 0 saturated heterocycles. The Hall–Kier alpha value is -16.7. The molecule has 0 amide bonds. The fourth-order valence-corrected chi connectivity index (χ4v) is 23.6. The molecular weight excluding hydrogens is 1620 g/mol.